The molecule has 1 fully saturated rings. The smallest absolute Gasteiger partial charge is 0.422 e. The maximum atomic E-state index is 13.9. The monoisotopic (exact) mass is 432 g/mol. The number of nitrogens with one attached hydrogen (secondary N) is 1. The van der Waals surface area contributed by atoms with E-state index < -0.39 is 53.2 Å². The minimum Gasteiger partial charge on any atom is -0.468 e. The van der Waals surface area contributed by atoms with E-state index in [1.54, 1.807) is 6.07 Å². The Kier molecular flexibility index (Phi) is 5.96. The Balaban J connectivity index is 1.67. The van der Waals surface area contributed by atoms with Crippen molar-refractivity contribution in [2.75, 3.05) is 6.61 Å². The van der Waals surface area contributed by atoms with Crippen molar-refractivity contribution in [3.05, 3.63) is 59.0 Å². The van der Waals surface area contributed by atoms with Gasteiger partial charge in [-0.2, -0.15) is 13.2 Å². The summed E-state index contributed by atoms with van der Waals surface area (Å²) in [6.45, 7) is -0.0580. The van der Waals surface area contributed by atoms with E-state index in [9.17, 15) is 31.1 Å². The first-order valence-electron chi connectivity index (χ1n) is 9.12. The lowest BCUT2D eigenvalue weighted by Crippen LogP contribution is -2.36. The fraction of sp³-hybridized carbons (Fsp3) is 0.400. The fourth-order valence-electron chi connectivity index (χ4n) is 3.21. The van der Waals surface area contributed by atoms with E-state index in [-0.39, 0.29) is 12.3 Å². The standard InChI is InChI=1S/C20H18F6N2O2/c1-11(18-13(22)8-12(21)9-14(18)23)7-16(29)28-19(5-6-19)15-3-2-4-17(27-15)30-10-20(24,25)26/h2-4,8-9,11H,5-7,10H2,1H3,(H,28,29). The number of rotatable bonds is 7. The second-order valence-electron chi connectivity index (χ2n) is 7.28. The van der Waals surface area contributed by atoms with Crippen molar-refractivity contribution >= 4 is 5.91 Å². The van der Waals surface area contributed by atoms with Gasteiger partial charge in [-0.1, -0.05) is 13.0 Å². The number of carbonyl (C=O) groups excluding carboxylic acids is 1. The van der Waals surface area contributed by atoms with Crippen molar-refractivity contribution in [3.63, 3.8) is 0 Å². The molecule has 0 aliphatic heterocycles. The van der Waals surface area contributed by atoms with E-state index in [0.717, 1.165) is 0 Å². The lowest BCUT2D eigenvalue weighted by Gasteiger charge is -2.20. The van der Waals surface area contributed by atoms with Crippen LogP contribution < -0.4 is 10.1 Å². The number of amides is 1. The van der Waals surface area contributed by atoms with Crippen LogP contribution in [-0.2, 0) is 10.3 Å². The van der Waals surface area contributed by atoms with Crippen molar-refractivity contribution in [2.45, 2.75) is 43.8 Å². The largest absolute Gasteiger partial charge is 0.468 e. The summed E-state index contributed by atoms with van der Waals surface area (Å²) in [4.78, 5) is 16.5. The molecular formula is C20H18F6N2O2. The van der Waals surface area contributed by atoms with Crippen molar-refractivity contribution < 1.29 is 35.9 Å². The molecule has 4 nitrogen and oxygen atoms in total. The summed E-state index contributed by atoms with van der Waals surface area (Å²) in [7, 11) is 0. The maximum absolute atomic E-state index is 13.9. The normalized spacial score (nSPS) is 16.1. The summed E-state index contributed by atoms with van der Waals surface area (Å²) < 4.78 is 82.5. The number of ether oxygens (including phenoxy) is 1. The van der Waals surface area contributed by atoms with Gasteiger partial charge in [0, 0.05) is 30.2 Å². The highest BCUT2D eigenvalue weighted by Gasteiger charge is 2.47. The van der Waals surface area contributed by atoms with Gasteiger partial charge in [-0.3, -0.25) is 4.79 Å². The summed E-state index contributed by atoms with van der Waals surface area (Å²) in [6, 6.07) is 5.38. The molecule has 0 radical (unpaired) electrons. The molecule has 30 heavy (non-hydrogen) atoms. The highest BCUT2D eigenvalue weighted by molar-refractivity contribution is 5.78. The molecule has 0 saturated heterocycles. The average Bonchev–Trinajstić information content (AvgIpc) is 3.39. The van der Waals surface area contributed by atoms with Crippen LogP contribution in [0.25, 0.3) is 0 Å². The molecule has 1 amide bonds. The van der Waals surface area contributed by atoms with Crippen LogP contribution in [0, 0.1) is 17.5 Å². The molecule has 1 aromatic carbocycles. The Hall–Kier alpha value is -2.78. The zero-order chi connectivity index (χ0) is 22.1. The third-order valence-electron chi connectivity index (χ3n) is 4.75. The number of alkyl halides is 3. The van der Waals surface area contributed by atoms with Gasteiger partial charge in [0.2, 0.25) is 11.8 Å². The Morgan fingerprint density at radius 3 is 2.40 bits per heavy atom. The molecule has 1 atom stereocenters. The van der Waals surface area contributed by atoms with E-state index in [0.29, 0.717) is 30.7 Å². The summed E-state index contributed by atoms with van der Waals surface area (Å²) in [6.07, 6.45) is -3.78. The van der Waals surface area contributed by atoms with E-state index in [2.05, 4.69) is 15.0 Å². The van der Waals surface area contributed by atoms with Gasteiger partial charge in [-0.15, -0.1) is 0 Å². The molecular weight excluding hydrogens is 414 g/mol. The van der Waals surface area contributed by atoms with Crippen molar-refractivity contribution in [1.82, 2.24) is 10.3 Å². The van der Waals surface area contributed by atoms with Gasteiger partial charge in [0.1, 0.15) is 17.5 Å². The third kappa shape index (κ3) is 5.22. The Morgan fingerprint density at radius 2 is 1.83 bits per heavy atom. The van der Waals surface area contributed by atoms with E-state index in [4.69, 9.17) is 0 Å². The van der Waals surface area contributed by atoms with E-state index in [1.165, 1.54) is 19.1 Å². The molecule has 1 aromatic heterocycles. The molecule has 0 spiro atoms. The van der Waals surface area contributed by atoms with Crippen LogP contribution in [0.2, 0.25) is 0 Å². The van der Waals surface area contributed by atoms with Gasteiger partial charge in [0.05, 0.1) is 11.2 Å². The number of aromatic nitrogens is 1. The van der Waals surface area contributed by atoms with Gasteiger partial charge < -0.3 is 10.1 Å². The molecule has 3 rings (SSSR count). The maximum Gasteiger partial charge on any atom is 0.422 e. The molecule has 1 aliphatic carbocycles. The quantitative estimate of drug-likeness (QED) is 0.644. The molecule has 162 valence electrons. The minimum absolute atomic E-state index is 0.228. The summed E-state index contributed by atoms with van der Waals surface area (Å²) >= 11 is 0. The Labute approximate surface area is 168 Å². The van der Waals surface area contributed by atoms with Crippen LogP contribution in [0.4, 0.5) is 26.3 Å². The molecule has 1 unspecified atom stereocenters. The zero-order valence-electron chi connectivity index (χ0n) is 15.8. The van der Waals surface area contributed by atoms with Crippen molar-refractivity contribution in [1.29, 1.82) is 0 Å². The van der Waals surface area contributed by atoms with Crippen LogP contribution in [0.15, 0.2) is 30.3 Å². The molecule has 10 heteroatoms. The molecule has 2 aromatic rings. The summed E-state index contributed by atoms with van der Waals surface area (Å²) in [5, 5.41) is 2.74. The molecule has 1 heterocycles. The fourth-order valence-corrected chi connectivity index (χ4v) is 3.21. The Morgan fingerprint density at radius 1 is 1.20 bits per heavy atom. The van der Waals surface area contributed by atoms with Crippen molar-refractivity contribution in [2.24, 2.45) is 0 Å². The first-order chi connectivity index (χ1) is 14.0. The van der Waals surface area contributed by atoms with Crippen LogP contribution in [0.1, 0.15) is 43.4 Å². The minimum atomic E-state index is -4.51. The third-order valence-corrected chi connectivity index (χ3v) is 4.75. The topological polar surface area (TPSA) is 51.2 Å². The SMILES string of the molecule is CC(CC(=O)NC1(c2cccc(OCC(F)(F)F)n2)CC1)c1c(F)cc(F)cc1F. The first kappa shape index (κ1) is 21.9. The highest BCUT2D eigenvalue weighted by atomic mass is 19.4. The second-order valence-corrected chi connectivity index (χ2v) is 7.28. The van der Waals surface area contributed by atoms with E-state index >= 15 is 0 Å². The Bertz CT molecular complexity index is 920. The predicted octanol–water partition coefficient (Wildman–Crippen LogP) is 4.74. The van der Waals surface area contributed by atoms with Crippen LogP contribution in [0.5, 0.6) is 5.88 Å². The number of nitrogens with zero attached hydrogens (tertiary/aromatic N) is 1. The number of hydrogen-bond acceptors (Lipinski definition) is 3. The number of halogens is 6. The average molecular weight is 432 g/mol. The number of carbonyl (C=O) groups is 1. The summed E-state index contributed by atoms with van der Waals surface area (Å²) in [5.41, 5.74) is -0.923. The second kappa shape index (κ2) is 8.16. The van der Waals surface area contributed by atoms with Crippen molar-refractivity contribution in [3.8, 4) is 5.88 Å². The highest BCUT2D eigenvalue weighted by Crippen LogP contribution is 2.45. The van der Waals surface area contributed by atoms with Crippen LogP contribution in [-0.4, -0.2) is 23.7 Å². The molecule has 1 N–H and O–H groups in total. The molecule has 1 aliphatic rings. The predicted molar refractivity (Wildman–Crippen MR) is 94.2 cm³/mol. The number of benzene rings is 1. The van der Waals surface area contributed by atoms with Crippen LogP contribution >= 0.6 is 0 Å². The lowest BCUT2D eigenvalue weighted by atomic mass is 9.95. The first-order valence-corrected chi connectivity index (χ1v) is 9.12. The molecule has 1 saturated carbocycles. The molecule has 0 bridgehead atoms. The number of pyridine rings is 1. The van der Waals surface area contributed by atoms with Gasteiger partial charge in [0.15, 0.2) is 6.61 Å². The van der Waals surface area contributed by atoms with Gasteiger partial charge in [0.25, 0.3) is 0 Å². The van der Waals surface area contributed by atoms with E-state index in [1.807, 2.05) is 0 Å². The number of hydrogen-bond donors (Lipinski definition) is 1. The van der Waals surface area contributed by atoms with Gasteiger partial charge in [-0.25, -0.2) is 18.2 Å². The van der Waals surface area contributed by atoms with Gasteiger partial charge >= 0.3 is 6.18 Å². The zero-order valence-corrected chi connectivity index (χ0v) is 15.8. The summed E-state index contributed by atoms with van der Waals surface area (Å²) in [5.74, 6) is -4.83. The lowest BCUT2D eigenvalue weighted by molar-refractivity contribution is -0.154. The van der Waals surface area contributed by atoms with Crippen LogP contribution in [0.3, 0.4) is 0 Å². The van der Waals surface area contributed by atoms with Gasteiger partial charge in [-0.05, 0) is 24.8 Å².